The largest absolute Gasteiger partial charge is 0.466 e. The van der Waals surface area contributed by atoms with Crippen LogP contribution in [0.2, 0.25) is 0 Å². The van der Waals surface area contributed by atoms with Crippen molar-refractivity contribution in [1.82, 2.24) is 5.32 Å². The molecule has 7 heteroatoms. The first kappa shape index (κ1) is 11.3. The van der Waals surface area contributed by atoms with E-state index in [1.165, 1.54) is 0 Å². The molecule has 0 radical (unpaired) electrons. The predicted octanol–water partition coefficient (Wildman–Crippen LogP) is -0.868. The molecule has 12 heavy (non-hydrogen) atoms. The lowest BCUT2D eigenvalue weighted by molar-refractivity contribution is -0.115. The first-order valence-corrected chi connectivity index (χ1v) is 4.62. The maximum absolute atomic E-state index is 10.4. The molecule has 6 nitrogen and oxygen atoms in total. The van der Waals surface area contributed by atoms with Crippen molar-refractivity contribution in [1.29, 1.82) is 0 Å². The van der Waals surface area contributed by atoms with Gasteiger partial charge in [0.1, 0.15) is 0 Å². The van der Waals surface area contributed by atoms with E-state index in [0.717, 1.165) is 0 Å². The summed E-state index contributed by atoms with van der Waals surface area (Å²) in [5.41, 5.74) is 0. The molecule has 0 saturated carbocycles. The molecule has 0 amide bonds. The molecule has 0 aromatic heterocycles. The minimum Gasteiger partial charge on any atom is -0.381 e. The monoisotopic (exact) mass is 195 g/mol. The zero-order valence-electron chi connectivity index (χ0n) is 6.34. The first-order valence-electron chi connectivity index (χ1n) is 3.05. The number of nitrogens with one attached hydrogen (secondary N) is 1. The second kappa shape index (κ2) is 4.37. The minimum absolute atomic E-state index is 0.0139. The van der Waals surface area contributed by atoms with Gasteiger partial charge in [-0.15, -0.1) is 0 Å². The molecule has 1 atom stereocenters. The maximum atomic E-state index is 10.4. The maximum Gasteiger partial charge on any atom is 0.466 e. The van der Waals surface area contributed by atoms with Gasteiger partial charge in [0.25, 0.3) is 0 Å². The lowest BCUT2D eigenvalue weighted by Gasteiger charge is -1.96. The highest BCUT2D eigenvalue weighted by Gasteiger charge is 2.10. The van der Waals surface area contributed by atoms with Crippen LogP contribution in [0.3, 0.4) is 0 Å². The second-order valence-electron chi connectivity index (χ2n) is 2.14. The molecular weight excluding hydrogens is 185 g/mol. The number of phosphoric acid groups is 1. The number of hydrogen-bond donors (Lipinski definition) is 4. The summed E-state index contributed by atoms with van der Waals surface area (Å²) in [5, 5.41) is 2.84. The van der Waals surface area contributed by atoms with Crippen LogP contribution in [0.1, 0.15) is 6.92 Å². The van der Waals surface area contributed by atoms with Crippen LogP contribution in [0.25, 0.3) is 0 Å². The van der Waals surface area contributed by atoms with E-state index in [2.05, 4.69) is 5.32 Å². The Bertz CT molecular complexity index is 224. The normalized spacial score (nSPS) is 21.3. The van der Waals surface area contributed by atoms with Gasteiger partial charge in [0, 0.05) is 6.20 Å². The standard InChI is InChI=1S/C5H7NO.H3O4P/c1-4-5(7)2-3-6-4;1-5(2,3)4/h2-4,6H,1H3;(H3,1,2,3,4). The lowest BCUT2D eigenvalue weighted by Crippen LogP contribution is -2.21. The van der Waals surface area contributed by atoms with Crippen LogP contribution >= 0.6 is 7.82 Å². The van der Waals surface area contributed by atoms with Gasteiger partial charge in [-0.2, -0.15) is 0 Å². The Morgan fingerprint density at radius 3 is 2.00 bits per heavy atom. The summed E-state index contributed by atoms with van der Waals surface area (Å²) >= 11 is 0. The van der Waals surface area contributed by atoms with E-state index in [-0.39, 0.29) is 11.8 Å². The zero-order valence-corrected chi connectivity index (χ0v) is 7.23. The summed E-state index contributed by atoms with van der Waals surface area (Å²) in [7, 11) is -4.64. The van der Waals surface area contributed by atoms with E-state index in [0.29, 0.717) is 0 Å². The highest BCUT2D eigenvalue weighted by atomic mass is 31.2. The highest BCUT2D eigenvalue weighted by Crippen LogP contribution is 2.25. The smallest absolute Gasteiger partial charge is 0.381 e. The minimum atomic E-state index is -4.64. The SMILES string of the molecule is CC1NC=CC1=O.O=P(O)(O)O. The van der Waals surface area contributed by atoms with Gasteiger partial charge in [-0.25, -0.2) is 4.57 Å². The molecule has 0 saturated heterocycles. The van der Waals surface area contributed by atoms with Gasteiger partial charge in [0.05, 0.1) is 6.04 Å². The Morgan fingerprint density at radius 1 is 1.50 bits per heavy atom. The Hall–Kier alpha value is -0.680. The van der Waals surface area contributed by atoms with Crippen molar-refractivity contribution in [3.63, 3.8) is 0 Å². The van der Waals surface area contributed by atoms with Crippen molar-refractivity contribution in [3.8, 4) is 0 Å². The van der Waals surface area contributed by atoms with E-state index >= 15 is 0 Å². The fraction of sp³-hybridized carbons (Fsp3) is 0.400. The predicted molar refractivity (Wildman–Crippen MR) is 41.0 cm³/mol. The number of carbonyl (C=O) groups excluding carboxylic acids is 1. The fourth-order valence-corrected chi connectivity index (χ4v) is 0.501. The first-order chi connectivity index (χ1) is 5.30. The molecule has 1 rings (SSSR count). The van der Waals surface area contributed by atoms with Crippen molar-refractivity contribution in [2.45, 2.75) is 13.0 Å². The third kappa shape index (κ3) is 7.43. The van der Waals surface area contributed by atoms with E-state index in [4.69, 9.17) is 19.2 Å². The fourth-order valence-electron chi connectivity index (χ4n) is 0.501. The Balaban J connectivity index is 0.000000217. The van der Waals surface area contributed by atoms with Crippen molar-refractivity contribution in [2.24, 2.45) is 0 Å². The van der Waals surface area contributed by atoms with Gasteiger partial charge in [-0.1, -0.05) is 0 Å². The number of rotatable bonds is 0. The molecule has 0 aromatic rings. The molecule has 4 N–H and O–H groups in total. The van der Waals surface area contributed by atoms with Crippen LogP contribution in [-0.4, -0.2) is 26.5 Å². The molecule has 0 fully saturated rings. The van der Waals surface area contributed by atoms with Gasteiger partial charge in [0.15, 0.2) is 5.78 Å². The van der Waals surface area contributed by atoms with Crippen LogP contribution in [-0.2, 0) is 9.36 Å². The number of hydrogen-bond acceptors (Lipinski definition) is 3. The van der Waals surface area contributed by atoms with Crippen molar-refractivity contribution in [3.05, 3.63) is 12.3 Å². The molecule has 1 heterocycles. The number of carbonyl (C=O) groups is 1. The summed E-state index contributed by atoms with van der Waals surface area (Å²) in [6.45, 7) is 1.84. The zero-order chi connectivity index (χ0) is 9.78. The van der Waals surface area contributed by atoms with Crippen LogP contribution in [0.4, 0.5) is 0 Å². The van der Waals surface area contributed by atoms with Crippen LogP contribution < -0.4 is 5.32 Å². The van der Waals surface area contributed by atoms with E-state index in [1.807, 2.05) is 6.92 Å². The molecule has 0 bridgehead atoms. The molecule has 0 aliphatic carbocycles. The highest BCUT2D eigenvalue weighted by molar-refractivity contribution is 7.45. The van der Waals surface area contributed by atoms with E-state index < -0.39 is 7.82 Å². The van der Waals surface area contributed by atoms with E-state index in [9.17, 15) is 4.79 Å². The summed E-state index contributed by atoms with van der Waals surface area (Å²) < 4.78 is 8.88. The molecule has 70 valence electrons. The van der Waals surface area contributed by atoms with Crippen LogP contribution in [0.5, 0.6) is 0 Å². The Labute approximate surface area is 69.2 Å². The lowest BCUT2D eigenvalue weighted by atomic mass is 10.3. The van der Waals surface area contributed by atoms with Crippen molar-refractivity contribution in [2.75, 3.05) is 0 Å². The average molecular weight is 195 g/mol. The quantitative estimate of drug-likeness (QED) is 0.374. The summed E-state index contributed by atoms with van der Waals surface area (Å²) in [6, 6.07) is 0.0139. The Kier molecular flexibility index (Phi) is 4.12. The van der Waals surface area contributed by atoms with Crippen molar-refractivity contribution < 1.29 is 24.0 Å². The summed E-state index contributed by atoms with van der Waals surface area (Å²) in [6.07, 6.45) is 3.22. The third-order valence-electron chi connectivity index (χ3n) is 1.02. The van der Waals surface area contributed by atoms with Gasteiger partial charge >= 0.3 is 7.82 Å². The molecule has 0 spiro atoms. The second-order valence-corrected chi connectivity index (χ2v) is 3.16. The number of ketones is 1. The molecular formula is C5H10NO5P. The third-order valence-corrected chi connectivity index (χ3v) is 1.02. The van der Waals surface area contributed by atoms with Crippen molar-refractivity contribution >= 4 is 13.6 Å². The Morgan fingerprint density at radius 2 is 1.92 bits per heavy atom. The van der Waals surface area contributed by atoms with Gasteiger partial charge in [-0.3, -0.25) is 4.79 Å². The van der Waals surface area contributed by atoms with E-state index in [1.54, 1.807) is 12.3 Å². The molecule has 1 aliphatic heterocycles. The van der Waals surface area contributed by atoms with Gasteiger partial charge in [-0.05, 0) is 13.0 Å². The average Bonchev–Trinajstić information content (AvgIpc) is 2.12. The van der Waals surface area contributed by atoms with Crippen LogP contribution in [0, 0.1) is 0 Å². The van der Waals surface area contributed by atoms with Crippen LogP contribution in [0.15, 0.2) is 12.3 Å². The summed E-state index contributed by atoms with van der Waals surface area (Å²) in [4.78, 5) is 32.0. The molecule has 0 aromatic carbocycles. The molecule has 1 aliphatic rings. The topological polar surface area (TPSA) is 107 Å². The van der Waals surface area contributed by atoms with Gasteiger partial charge < -0.3 is 20.0 Å². The van der Waals surface area contributed by atoms with Gasteiger partial charge in [0.2, 0.25) is 0 Å². The molecule has 1 unspecified atom stereocenters. The summed E-state index contributed by atoms with van der Waals surface area (Å²) in [5.74, 6) is 0.167.